The number of hydrogen-bond donors (Lipinski definition) is 3. The quantitative estimate of drug-likeness (QED) is 0.751. The predicted octanol–water partition coefficient (Wildman–Crippen LogP) is 2.07. The van der Waals surface area contributed by atoms with Crippen LogP contribution >= 0.6 is 0 Å². The second-order valence-corrected chi connectivity index (χ2v) is 4.42. The molecule has 3 N–H and O–H groups in total. The molecule has 21 heavy (non-hydrogen) atoms. The van der Waals surface area contributed by atoms with Crippen LogP contribution in [0.25, 0.3) is 0 Å². The van der Waals surface area contributed by atoms with Crippen molar-refractivity contribution in [1.82, 2.24) is 0 Å². The smallest absolute Gasteiger partial charge is 0.335 e. The summed E-state index contributed by atoms with van der Waals surface area (Å²) in [6.45, 7) is 0. The van der Waals surface area contributed by atoms with E-state index in [2.05, 4.69) is 0 Å². The number of aromatic carboxylic acids is 1. The molecule has 1 amide bonds. The number of carbonyl (C=O) groups excluding carboxylic acids is 1. The highest BCUT2D eigenvalue weighted by molar-refractivity contribution is 6.07. The summed E-state index contributed by atoms with van der Waals surface area (Å²) in [5.41, 5.74) is 0.535. The van der Waals surface area contributed by atoms with E-state index in [1.807, 2.05) is 0 Å². The molecule has 0 unspecified atom stereocenters. The summed E-state index contributed by atoms with van der Waals surface area (Å²) in [7, 11) is 1.49. The van der Waals surface area contributed by atoms with Gasteiger partial charge >= 0.3 is 5.97 Å². The van der Waals surface area contributed by atoms with Crippen LogP contribution in [0.15, 0.2) is 42.5 Å². The summed E-state index contributed by atoms with van der Waals surface area (Å²) in [6, 6.07) is 9.40. The third-order valence-corrected chi connectivity index (χ3v) is 3.02. The van der Waals surface area contributed by atoms with Crippen LogP contribution in [-0.4, -0.2) is 34.2 Å². The number of phenols is 2. The van der Waals surface area contributed by atoms with Crippen molar-refractivity contribution in [3.63, 3.8) is 0 Å². The molecule has 6 heteroatoms. The third kappa shape index (κ3) is 2.94. The monoisotopic (exact) mass is 287 g/mol. The van der Waals surface area contributed by atoms with Gasteiger partial charge in [0.05, 0.1) is 11.1 Å². The summed E-state index contributed by atoms with van der Waals surface area (Å²) >= 11 is 0. The largest absolute Gasteiger partial charge is 0.508 e. The zero-order valence-electron chi connectivity index (χ0n) is 11.1. The molecule has 2 aromatic carbocycles. The summed E-state index contributed by atoms with van der Waals surface area (Å²) in [4.78, 5) is 24.3. The van der Waals surface area contributed by atoms with Gasteiger partial charge in [-0.15, -0.1) is 0 Å². The molecule has 0 aliphatic rings. The molecule has 108 valence electrons. The third-order valence-electron chi connectivity index (χ3n) is 3.02. The van der Waals surface area contributed by atoms with Crippen LogP contribution in [0.4, 0.5) is 5.69 Å². The minimum Gasteiger partial charge on any atom is -0.508 e. The van der Waals surface area contributed by atoms with E-state index in [1.165, 1.54) is 54.4 Å². The normalized spacial score (nSPS) is 10.1. The Morgan fingerprint density at radius 1 is 1.00 bits per heavy atom. The lowest BCUT2D eigenvalue weighted by Gasteiger charge is -2.18. The van der Waals surface area contributed by atoms with Crippen LogP contribution < -0.4 is 4.90 Å². The number of nitrogens with zero attached hydrogens (tertiary/aromatic N) is 1. The van der Waals surface area contributed by atoms with Gasteiger partial charge in [-0.3, -0.25) is 4.79 Å². The van der Waals surface area contributed by atoms with Crippen LogP contribution in [0.1, 0.15) is 20.7 Å². The van der Waals surface area contributed by atoms with Crippen molar-refractivity contribution < 1.29 is 24.9 Å². The van der Waals surface area contributed by atoms with E-state index in [4.69, 9.17) is 5.11 Å². The second-order valence-electron chi connectivity index (χ2n) is 4.42. The first-order valence-electron chi connectivity index (χ1n) is 6.03. The van der Waals surface area contributed by atoms with Gasteiger partial charge in [0.2, 0.25) is 0 Å². The molecular formula is C15H13NO5. The first kappa shape index (κ1) is 14.4. The summed E-state index contributed by atoms with van der Waals surface area (Å²) < 4.78 is 0. The van der Waals surface area contributed by atoms with Crippen molar-refractivity contribution in [2.75, 3.05) is 11.9 Å². The molecule has 0 spiro atoms. The molecule has 6 nitrogen and oxygen atoms in total. The topological polar surface area (TPSA) is 98.1 Å². The number of rotatable bonds is 3. The Morgan fingerprint density at radius 2 is 1.62 bits per heavy atom. The van der Waals surface area contributed by atoms with Gasteiger partial charge in [0.1, 0.15) is 11.5 Å². The van der Waals surface area contributed by atoms with Gasteiger partial charge in [0.25, 0.3) is 5.91 Å². The number of anilines is 1. The Morgan fingerprint density at radius 3 is 2.19 bits per heavy atom. The van der Waals surface area contributed by atoms with Crippen molar-refractivity contribution in [3.05, 3.63) is 53.6 Å². The van der Waals surface area contributed by atoms with Crippen LogP contribution in [0.5, 0.6) is 11.5 Å². The second kappa shape index (κ2) is 5.54. The fraction of sp³-hybridized carbons (Fsp3) is 0.0667. The number of carboxylic acid groups (broad SMARTS) is 1. The van der Waals surface area contributed by atoms with Crippen molar-refractivity contribution in [2.45, 2.75) is 0 Å². The highest BCUT2D eigenvalue weighted by Gasteiger charge is 2.18. The van der Waals surface area contributed by atoms with Crippen LogP contribution in [0.3, 0.4) is 0 Å². The maximum Gasteiger partial charge on any atom is 0.335 e. The Balaban J connectivity index is 2.30. The van der Waals surface area contributed by atoms with Gasteiger partial charge in [-0.2, -0.15) is 0 Å². The summed E-state index contributed by atoms with van der Waals surface area (Å²) in [6.07, 6.45) is 0. The zero-order chi connectivity index (χ0) is 15.6. The van der Waals surface area contributed by atoms with E-state index in [0.29, 0.717) is 5.69 Å². The van der Waals surface area contributed by atoms with Gasteiger partial charge in [-0.1, -0.05) is 0 Å². The number of amides is 1. The molecule has 2 aromatic rings. The molecule has 0 fully saturated rings. The van der Waals surface area contributed by atoms with Gasteiger partial charge < -0.3 is 20.2 Å². The van der Waals surface area contributed by atoms with Crippen LogP contribution in [0.2, 0.25) is 0 Å². The maximum atomic E-state index is 12.3. The molecule has 0 atom stereocenters. The van der Waals surface area contributed by atoms with Gasteiger partial charge in [-0.05, 0) is 42.5 Å². The summed E-state index contributed by atoms with van der Waals surface area (Å²) in [5, 5.41) is 27.9. The van der Waals surface area contributed by atoms with E-state index in [0.717, 1.165) is 0 Å². The molecule has 0 heterocycles. The SMILES string of the molecule is CN(C(=O)c1cc(O)ccc1O)c1ccc(C(=O)O)cc1. The van der Waals surface area contributed by atoms with E-state index >= 15 is 0 Å². The fourth-order valence-corrected chi connectivity index (χ4v) is 1.82. The minimum atomic E-state index is -1.05. The van der Waals surface area contributed by atoms with Crippen LogP contribution in [0, 0.1) is 0 Å². The Hall–Kier alpha value is -3.02. The Kier molecular flexibility index (Phi) is 3.80. The standard InChI is InChI=1S/C15H13NO5/c1-16(10-4-2-9(3-5-10)15(20)21)14(19)12-8-11(17)6-7-13(12)18/h2-8,17-18H,1H3,(H,20,21). The Labute approximate surface area is 120 Å². The number of carboxylic acids is 1. The minimum absolute atomic E-state index is 0.0418. The van der Waals surface area contributed by atoms with Gasteiger partial charge in [0, 0.05) is 12.7 Å². The number of aromatic hydroxyl groups is 2. The molecule has 0 saturated heterocycles. The molecule has 0 aliphatic carbocycles. The van der Waals surface area contributed by atoms with Gasteiger partial charge in [0.15, 0.2) is 0 Å². The predicted molar refractivity (Wildman–Crippen MR) is 75.9 cm³/mol. The lowest BCUT2D eigenvalue weighted by molar-refractivity contribution is 0.0696. The molecule has 0 saturated carbocycles. The van der Waals surface area contributed by atoms with E-state index < -0.39 is 11.9 Å². The number of benzene rings is 2. The number of hydrogen-bond acceptors (Lipinski definition) is 4. The fourth-order valence-electron chi connectivity index (χ4n) is 1.82. The first-order chi connectivity index (χ1) is 9.90. The van der Waals surface area contributed by atoms with E-state index in [9.17, 15) is 19.8 Å². The first-order valence-corrected chi connectivity index (χ1v) is 6.03. The molecule has 0 radical (unpaired) electrons. The lowest BCUT2D eigenvalue weighted by Crippen LogP contribution is -2.26. The number of phenolic OH excluding ortho intramolecular Hbond substituents is 2. The molecule has 0 aromatic heterocycles. The maximum absolute atomic E-state index is 12.3. The van der Waals surface area contributed by atoms with E-state index in [-0.39, 0.29) is 22.6 Å². The lowest BCUT2D eigenvalue weighted by atomic mass is 10.1. The highest BCUT2D eigenvalue weighted by atomic mass is 16.4. The van der Waals surface area contributed by atoms with Gasteiger partial charge in [-0.25, -0.2) is 4.79 Å². The molecular weight excluding hydrogens is 274 g/mol. The van der Waals surface area contributed by atoms with Crippen molar-refractivity contribution in [3.8, 4) is 11.5 Å². The summed E-state index contributed by atoms with van der Waals surface area (Å²) in [5.74, 6) is -1.95. The zero-order valence-corrected chi connectivity index (χ0v) is 11.1. The van der Waals surface area contributed by atoms with E-state index in [1.54, 1.807) is 0 Å². The van der Waals surface area contributed by atoms with Crippen LogP contribution in [-0.2, 0) is 0 Å². The Bertz CT molecular complexity index is 694. The molecule has 2 rings (SSSR count). The van der Waals surface area contributed by atoms with Crippen molar-refractivity contribution >= 4 is 17.6 Å². The average Bonchev–Trinajstić information content (AvgIpc) is 2.48. The average molecular weight is 287 g/mol. The molecule has 0 bridgehead atoms. The van der Waals surface area contributed by atoms with Crippen molar-refractivity contribution in [1.29, 1.82) is 0 Å². The van der Waals surface area contributed by atoms with Crippen molar-refractivity contribution in [2.24, 2.45) is 0 Å². The number of carbonyl (C=O) groups is 2. The highest BCUT2D eigenvalue weighted by Crippen LogP contribution is 2.25. The molecule has 0 aliphatic heterocycles.